The van der Waals surface area contributed by atoms with E-state index in [1.807, 2.05) is 19.3 Å². The summed E-state index contributed by atoms with van der Waals surface area (Å²) in [6, 6.07) is 1.90. The molecule has 0 unspecified atom stereocenters. The number of nitrogens with zero attached hydrogens (tertiary/aromatic N) is 2. The summed E-state index contributed by atoms with van der Waals surface area (Å²) in [5, 5.41) is 4.09. The summed E-state index contributed by atoms with van der Waals surface area (Å²) in [5.74, 6) is 0.786. The summed E-state index contributed by atoms with van der Waals surface area (Å²) in [6.07, 6.45) is 3.71. The highest BCUT2D eigenvalue weighted by molar-refractivity contribution is 7.17. The predicted molar refractivity (Wildman–Crippen MR) is 56.3 cm³/mol. The first kappa shape index (κ1) is 8.67. The minimum absolute atomic E-state index is 0.0742. The van der Waals surface area contributed by atoms with Crippen LogP contribution in [0.15, 0.2) is 18.5 Å². The minimum Gasteiger partial charge on any atom is -0.484 e. The van der Waals surface area contributed by atoms with Crippen molar-refractivity contribution in [3.63, 3.8) is 0 Å². The highest BCUT2D eigenvalue weighted by Crippen LogP contribution is 2.39. The Balaban J connectivity index is 2.08. The van der Waals surface area contributed by atoms with Gasteiger partial charge in [-0.2, -0.15) is 5.10 Å². The molecule has 0 fully saturated rings. The summed E-state index contributed by atoms with van der Waals surface area (Å²) in [6.45, 7) is 0.189. The van der Waals surface area contributed by atoms with Crippen LogP contribution in [0, 0.1) is 0 Å². The monoisotopic (exact) mass is 220 g/mol. The number of aryl methyl sites for hydroxylation is 1. The Morgan fingerprint density at radius 3 is 3.13 bits per heavy atom. The molecule has 3 heterocycles. The molecule has 0 N–H and O–H groups in total. The first-order chi connectivity index (χ1) is 7.24. The molecule has 0 spiro atoms. The number of carbonyl (C=O) groups excluding carboxylic acids is 1. The molecule has 2 aromatic rings. The summed E-state index contributed by atoms with van der Waals surface area (Å²) >= 11 is 1.47. The van der Waals surface area contributed by atoms with Gasteiger partial charge in [-0.25, -0.2) is 0 Å². The van der Waals surface area contributed by atoms with E-state index in [1.165, 1.54) is 11.3 Å². The van der Waals surface area contributed by atoms with Crippen LogP contribution in [-0.2, 0) is 7.05 Å². The molecule has 5 heteroatoms. The third kappa shape index (κ3) is 1.27. The van der Waals surface area contributed by atoms with Crippen molar-refractivity contribution in [2.75, 3.05) is 6.61 Å². The average molecular weight is 220 g/mol. The fraction of sp³-hybridized carbons (Fsp3) is 0.200. The Hall–Kier alpha value is -1.62. The normalized spacial score (nSPS) is 14.1. The molecule has 4 nitrogen and oxygen atoms in total. The lowest BCUT2D eigenvalue weighted by molar-refractivity contribution is 0.0963. The second-order valence-electron chi connectivity index (χ2n) is 3.42. The lowest BCUT2D eigenvalue weighted by Crippen LogP contribution is -1.98. The van der Waals surface area contributed by atoms with Crippen LogP contribution in [0.5, 0.6) is 5.75 Å². The van der Waals surface area contributed by atoms with Crippen LogP contribution in [-0.4, -0.2) is 22.2 Å². The maximum atomic E-state index is 11.4. The third-order valence-electron chi connectivity index (χ3n) is 2.30. The molecule has 1 aliphatic rings. The van der Waals surface area contributed by atoms with Crippen molar-refractivity contribution in [2.45, 2.75) is 0 Å². The summed E-state index contributed by atoms with van der Waals surface area (Å²) in [4.78, 5) is 13.1. The second-order valence-corrected chi connectivity index (χ2v) is 4.47. The van der Waals surface area contributed by atoms with Crippen molar-refractivity contribution in [3.8, 4) is 16.2 Å². The zero-order valence-electron chi connectivity index (χ0n) is 8.06. The van der Waals surface area contributed by atoms with E-state index in [1.54, 1.807) is 10.9 Å². The van der Waals surface area contributed by atoms with E-state index in [0.717, 1.165) is 15.3 Å². The molecule has 15 heavy (non-hydrogen) atoms. The maximum absolute atomic E-state index is 11.4. The molecule has 3 rings (SSSR count). The van der Waals surface area contributed by atoms with Gasteiger partial charge in [-0.3, -0.25) is 9.48 Å². The molecule has 0 aliphatic carbocycles. The molecule has 0 bridgehead atoms. The van der Waals surface area contributed by atoms with E-state index >= 15 is 0 Å². The van der Waals surface area contributed by atoms with E-state index in [0.29, 0.717) is 5.75 Å². The number of rotatable bonds is 1. The molecule has 0 radical (unpaired) electrons. The lowest BCUT2D eigenvalue weighted by Gasteiger charge is -1.91. The predicted octanol–water partition coefficient (Wildman–Crippen LogP) is 1.72. The van der Waals surface area contributed by atoms with Gasteiger partial charge in [0, 0.05) is 23.7 Å². The molecule has 76 valence electrons. The Morgan fingerprint density at radius 1 is 1.60 bits per heavy atom. The lowest BCUT2D eigenvalue weighted by atomic mass is 10.3. The molecule has 0 amide bonds. The average Bonchev–Trinajstić information content (AvgIpc) is 2.84. The second kappa shape index (κ2) is 2.93. The molecule has 2 aromatic heterocycles. The fourth-order valence-corrected chi connectivity index (χ4v) is 2.58. The number of hydrogen-bond acceptors (Lipinski definition) is 4. The van der Waals surface area contributed by atoms with Crippen LogP contribution in [0.3, 0.4) is 0 Å². The zero-order valence-corrected chi connectivity index (χ0v) is 8.87. The summed E-state index contributed by atoms with van der Waals surface area (Å²) < 4.78 is 6.99. The van der Waals surface area contributed by atoms with Crippen molar-refractivity contribution in [3.05, 3.63) is 23.3 Å². The SMILES string of the molecule is Cn1cc(-c2cc3c(s2)C(=O)CO3)cn1. The molecule has 0 saturated carbocycles. The largest absolute Gasteiger partial charge is 0.484 e. The number of fused-ring (bicyclic) bond motifs is 1. The van der Waals surface area contributed by atoms with Gasteiger partial charge in [0.2, 0.25) is 5.78 Å². The van der Waals surface area contributed by atoms with Crippen molar-refractivity contribution in [1.82, 2.24) is 9.78 Å². The van der Waals surface area contributed by atoms with Gasteiger partial charge in [-0.1, -0.05) is 0 Å². The summed E-state index contributed by atoms with van der Waals surface area (Å²) in [5.41, 5.74) is 1.02. The van der Waals surface area contributed by atoms with Gasteiger partial charge >= 0.3 is 0 Å². The first-order valence-electron chi connectivity index (χ1n) is 4.53. The molecular weight excluding hydrogens is 212 g/mol. The Kier molecular flexibility index (Phi) is 1.70. The van der Waals surface area contributed by atoms with Crippen LogP contribution in [0.2, 0.25) is 0 Å². The fourth-order valence-electron chi connectivity index (χ4n) is 1.58. The maximum Gasteiger partial charge on any atom is 0.213 e. The van der Waals surface area contributed by atoms with Gasteiger partial charge in [0.05, 0.1) is 6.20 Å². The Labute approximate surface area is 90.1 Å². The summed E-state index contributed by atoms with van der Waals surface area (Å²) in [7, 11) is 1.87. The van der Waals surface area contributed by atoms with Crippen LogP contribution in [0.25, 0.3) is 10.4 Å². The van der Waals surface area contributed by atoms with Gasteiger partial charge < -0.3 is 4.74 Å². The number of thiophene rings is 1. The van der Waals surface area contributed by atoms with Gasteiger partial charge in [0.1, 0.15) is 10.6 Å². The standard InChI is InChI=1S/C10H8N2O2S/c1-12-4-6(3-11-12)9-2-8-10(15-9)7(13)5-14-8/h2-4H,5H2,1H3. The molecule has 0 atom stereocenters. The van der Waals surface area contributed by atoms with E-state index in [4.69, 9.17) is 4.74 Å². The van der Waals surface area contributed by atoms with E-state index < -0.39 is 0 Å². The molecular formula is C10H8N2O2S. The number of ether oxygens (including phenoxy) is 1. The molecule has 0 aromatic carbocycles. The van der Waals surface area contributed by atoms with Crippen LogP contribution in [0.1, 0.15) is 9.67 Å². The van der Waals surface area contributed by atoms with Crippen molar-refractivity contribution in [1.29, 1.82) is 0 Å². The topological polar surface area (TPSA) is 44.1 Å². The van der Waals surface area contributed by atoms with E-state index in [-0.39, 0.29) is 12.4 Å². The first-order valence-corrected chi connectivity index (χ1v) is 5.34. The van der Waals surface area contributed by atoms with Gasteiger partial charge in [-0.15, -0.1) is 11.3 Å². The quantitative estimate of drug-likeness (QED) is 0.735. The molecule has 0 saturated heterocycles. The Morgan fingerprint density at radius 2 is 2.47 bits per heavy atom. The highest BCUT2D eigenvalue weighted by Gasteiger charge is 2.25. The number of Topliss-reactive ketones (excluding diaryl/α,β-unsaturated/α-hetero) is 1. The van der Waals surface area contributed by atoms with Crippen LogP contribution < -0.4 is 4.74 Å². The number of ketones is 1. The van der Waals surface area contributed by atoms with Crippen molar-refractivity contribution in [2.24, 2.45) is 7.05 Å². The zero-order chi connectivity index (χ0) is 10.4. The number of hydrogen-bond donors (Lipinski definition) is 0. The smallest absolute Gasteiger partial charge is 0.213 e. The van der Waals surface area contributed by atoms with E-state index in [9.17, 15) is 4.79 Å². The molecule has 1 aliphatic heterocycles. The van der Waals surface area contributed by atoms with Crippen LogP contribution in [0.4, 0.5) is 0 Å². The van der Waals surface area contributed by atoms with Crippen molar-refractivity contribution < 1.29 is 9.53 Å². The Bertz CT molecular complexity index is 541. The number of aromatic nitrogens is 2. The van der Waals surface area contributed by atoms with Gasteiger partial charge in [0.15, 0.2) is 6.61 Å². The number of carbonyl (C=O) groups is 1. The van der Waals surface area contributed by atoms with Gasteiger partial charge in [0.25, 0.3) is 0 Å². The van der Waals surface area contributed by atoms with Crippen LogP contribution >= 0.6 is 11.3 Å². The highest BCUT2D eigenvalue weighted by atomic mass is 32.1. The van der Waals surface area contributed by atoms with Gasteiger partial charge in [-0.05, 0) is 6.07 Å². The van der Waals surface area contributed by atoms with E-state index in [2.05, 4.69) is 5.10 Å². The third-order valence-corrected chi connectivity index (χ3v) is 3.51. The minimum atomic E-state index is 0.0742. The van der Waals surface area contributed by atoms with Crippen molar-refractivity contribution >= 4 is 17.1 Å².